The maximum Gasteiger partial charge on any atom is 0.253 e. The number of rotatable bonds is 5. The molecule has 1 aromatic heterocycles. The number of H-pyrrole nitrogens is 1. The molecule has 5 nitrogen and oxygen atoms in total. The van der Waals surface area contributed by atoms with Crippen LogP contribution in [0.3, 0.4) is 0 Å². The summed E-state index contributed by atoms with van der Waals surface area (Å²) >= 11 is 0. The van der Waals surface area contributed by atoms with Crippen LogP contribution in [-0.4, -0.2) is 15.8 Å². The minimum atomic E-state index is -0.291. The summed E-state index contributed by atoms with van der Waals surface area (Å²) in [5, 5.41) is 9.84. The molecule has 3 aromatic rings. The predicted octanol–water partition coefficient (Wildman–Crippen LogP) is 3.59. The van der Waals surface area contributed by atoms with Gasteiger partial charge < -0.3 is 9.88 Å². The van der Waals surface area contributed by atoms with Gasteiger partial charge in [0.1, 0.15) is 6.42 Å². The van der Waals surface area contributed by atoms with Crippen molar-refractivity contribution in [2.45, 2.75) is 33.4 Å². The van der Waals surface area contributed by atoms with E-state index in [1.165, 1.54) is 0 Å². The fraction of sp³-hybridized carbons (Fsp3) is 0.227. The van der Waals surface area contributed by atoms with Gasteiger partial charge in [-0.2, -0.15) is 5.26 Å². The van der Waals surface area contributed by atoms with E-state index in [0.29, 0.717) is 12.1 Å². The van der Waals surface area contributed by atoms with Crippen molar-refractivity contribution in [1.29, 1.82) is 5.26 Å². The molecule has 1 heterocycles. The van der Waals surface area contributed by atoms with Gasteiger partial charge in [0.25, 0.3) is 5.56 Å². The first kappa shape index (κ1) is 18.4. The number of carbonyl (C=O) groups excluding carboxylic acids is 1. The Morgan fingerprint density at radius 2 is 1.85 bits per heavy atom. The molecule has 1 N–H and O–H groups in total. The van der Waals surface area contributed by atoms with E-state index in [1.807, 2.05) is 68.4 Å². The summed E-state index contributed by atoms with van der Waals surface area (Å²) in [6.45, 7) is 4.49. The molecule has 0 fully saturated rings. The second-order valence-electron chi connectivity index (χ2n) is 6.67. The van der Waals surface area contributed by atoms with Crippen molar-refractivity contribution in [2.24, 2.45) is 0 Å². The topological polar surface area (TPSA) is 77.0 Å². The van der Waals surface area contributed by atoms with Gasteiger partial charge in [0.2, 0.25) is 5.91 Å². The Balaban J connectivity index is 1.96. The van der Waals surface area contributed by atoms with Crippen molar-refractivity contribution in [3.8, 4) is 6.07 Å². The van der Waals surface area contributed by atoms with Crippen molar-refractivity contribution in [2.75, 3.05) is 0 Å². The second kappa shape index (κ2) is 7.88. The van der Waals surface area contributed by atoms with Gasteiger partial charge in [-0.1, -0.05) is 42.5 Å². The van der Waals surface area contributed by atoms with Crippen LogP contribution in [0, 0.1) is 25.2 Å². The van der Waals surface area contributed by atoms with Crippen LogP contribution in [0.2, 0.25) is 0 Å². The highest BCUT2D eigenvalue weighted by atomic mass is 16.2. The van der Waals surface area contributed by atoms with Gasteiger partial charge in [-0.3, -0.25) is 9.59 Å². The molecule has 27 heavy (non-hydrogen) atoms. The van der Waals surface area contributed by atoms with Crippen LogP contribution in [0.25, 0.3) is 10.9 Å². The van der Waals surface area contributed by atoms with E-state index in [9.17, 15) is 9.59 Å². The fourth-order valence-electron chi connectivity index (χ4n) is 3.11. The summed E-state index contributed by atoms with van der Waals surface area (Å²) in [6.07, 6.45) is -0.212. The van der Waals surface area contributed by atoms with Crippen LogP contribution < -0.4 is 5.56 Å². The number of hydrogen-bond donors (Lipinski definition) is 1. The predicted molar refractivity (Wildman–Crippen MR) is 105 cm³/mol. The highest BCUT2D eigenvalue weighted by molar-refractivity contribution is 5.83. The molecule has 0 bridgehead atoms. The average molecular weight is 359 g/mol. The van der Waals surface area contributed by atoms with Gasteiger partial charge in [0.05, 0.1) is 18.1 Å². The van der Waals surface area contributed by atoms with E-state index in [1.54, 1.807) is 4.90 Å². The Kier molecular flexibility index (Phi) is 5.37. The van der Waals surface area contributed by atoms with Gasteiger partial charge in [0.15, 0.2) is 0 Å². The molecule has 0 aliphatic carbocycles. The summed E-state index contributed by atoms with van der Waals surface area (Å²) in [6, 6.07) is 17.3. The molecule has 3 rings (SSSR count). The summed E-state index contributed by atoms with van der Waals surface area (Å²) in [5.41, 5.74) is 4.22. The van der Waals surface area contributed by atoms with Crippen molar-refractivity contribution < 1.29 is 4.79 Å². The van der Waals surface area contributed by atoms with Gasteiger partial charge >= 0.3 is 0 Å². The number of nitrogens with one attached hydrogen (secondary N) is 1. The van der Waals surface area contributed by atoms with E-state index in [2.05, 4.69) is 4.98 Å². The number of benzene rings is 2. The Labute approximate surface area is 157 Å². The molecule has 0 atom stereocenters. The number of nitrogens with zero attached hydrogens (tertiary/aromatic N) is 2. The molecule has 5 heteroatoms. The zero-order valence-corrected chi connectivity index (χ0v) is 15.5. The molecule has 0 radical (unpaired) electrons. The molecular weight excluding hydrogens is 338 g/mol. The zero-order valence-electron chi connectivity index (χ0n) is 15.5. The van der Waals surface area contributed by atoms with Crippen LogP contribution in [0.4, 0.5) is 0 Å². The van der Waals surface area contributed by atoms with Crippen LogP contribution >= 0.6 is 0 Å². The van der Waals surface area contributed by atoms with Crippen molar-refractivity contribution >= 4 is 16.8 Å². The number of pyridine rings is 1. The van der Waals surface area contributed by atoms with E-state index < -0.39 is 0 Å². The fourth-order valence-corrected chi connectivity index (χ4v) is 3.11. The summed E-state index contributed by atoms with van der Waals surface area (Å²) in [4.78, 5) is 29.5. The number of nitriles is 1. The monoisotopic (exact) mass is 359 g/mol. The van der Waals surface area contributed by atoms with Crippen LogP contribution in [-0.2, 0) is 17.9 Å². The zero-order chi connectivity index (χ0) is 19.4. The van der Waals surface area contributed by atoms with Gasteiger partial charge in [-0.15, -0.1) is 0 Å². The Hall–Kier alpha value is -3.39. The number of carbonyl (C=O) groups is 1. The molecule has 0 saturated heterocycles. The lowest BCUT2D eigenvalue weighted by atomic mass is 10.0. The third-order valence-corrected chi connectivity index (χ3v) is 4.79. The summed E-state index contributed by atoms with van der Waals surface area (Å²) in [5.74, 6) is -0.291. The first-order valence-electron chi connectivity index (χ1n) is 8.80. The molecule has 0 aliphatic heterocycles. The first-order valence-corrected chi connectivity index (χ1v) is 8.80. The molecular formula is C22H21N3O2. The first-order chi connectivity index (χ1) is 13.0. The number of aromatic nitrogens is 1. The molecule has 136 valence electrons. The molecule has 0 unspecified atom stereocenters. The van der Waals surface area contributed by atoms with Crippen molar-refractivity contribution in [3.05, 3.63) is 81.1 Å². The van der Waals surface area contributed by atoms with Crippen LogP contribution in [0.15, 0.2) is 53.3 Å². The minimum Gasteiger partial charge on any atom is -0.333 e. The summed E-state index contributed by atoms with van der Waals surface area (Å²) in [7, 11) is 0. The minimum absolute atomic E-state index is 0.160. The molecule has 1 amide bonds. The van der Waals surface area contributed by atoms with E-state index >= 15 is 0 Å². The van der Waals surface area contributed by atoms with Crippen LogP contribution in [0.1, 0.15) is 28.7 Å². The van der Waals surface area contributed by atoms with E-state index in [4.69, 9.17) is 5.26 Å². The average Bonchev–Trinajstić information content (AvgIpc) is 2.66. The number of amides is 1. The maximum atomic E-state index is 12.6. The normalized spacial score (nSPS) is 10.6. The van der Waals surface area contributed by atoms with Crippen molar-refractivity contribution in [3.63, 3.8) is 0 Å². The molecule has 2 aromatic carbocycles. The summed E-state index contributed by atoms with van der Waals surface area (Å²) < 4.78 is 0. The number of fused-ring (bicyclic) bond motifs is 1. The largest absolute Gasteiger partial charge is 0.333 e. The van der Waals surface area contributed by atoms with Gasteiger partial charge in [-0.25, -0.2) is 0 Å². The van der Waals surface area contributed by atoms with E-state index in [-0.39, 0.29) is 24.4 Å². The number of aryl methyl sites for hydroxylation is 2. The van der Waals surface area contributed by atoms with Crippen LogP contribution in [0.5, 0.6) is 0 Å². The third kappa shape index (κ3) is 4.06. The SMILES string of the molecule is Cc1ccc2cc(CN(Cc3ccccc3)C(=O)CC#N)c(=O)[nH]c2c1C. The Bertz CT molecular complexity index is 1080. The number of aromatic amines is 1. The highest BCUT2D eigenvalue weighted by Crippen LogP contribution is 2.20. The van der Waals surface area contributed by atoms with Gasteiger partial charge in [-0.05, 0) is 42.0 Å². The highest BCUT2D eigenvalue weighted by Gasteiger charge is 2.17. The lowest BCUT2D eigenvalue weighted by molar-refractivity contribution is -0.131. The quantitative estimate of drug-likeness (QED) is 0.756. The Morgan fingerprint density at radius 1 is 1.11 bits per heavy atom. The third-order valence-electron chi connectivity index (χ3n) is 4.79. The Morgan fingerprint density at radius 3 is 2.56 bits per heavy atom. The van der Waals surface area contributed by atoms with Gasteiger partial charge in [0, 0.05) is 12.1 Å². The standard InChI is InChI=1S/C22H21N3O2/c1-15-8-9-18-12-19(22(27)24-21(18)16(15)2)14-25(20(26)10-11-23)13-17-6-4-3-5-7-17/h3-9,12H,10,13-14H2,1-2H3,(H,24,27). The maximum absolute atomic E-state index is 12.6. The second-order valence-corrected chi connectivity index (χ2v) is 6.67. The molecule has 0 saturated carbocycles. The smallest absolute Gasteiger partial charge is 0.253 e. The lowest BCUT2D eigenvalue weighted by Crippen LogP contribution is -2.32. The van der Waals surface area contributed by atoms with Crippen molar-refractivity contribution in [1.82, 2.24) is 9.88 Å². The molecule has 0 aliphatic rings. The number of hydrogen-bond acceptors (Lipinski definition) is 3. The molecule has 0 spiro atoms. The van der Waals surface area contributed by atoms with E-state index in [0.717, 1.165) is 27.6 Å². The lowest BCUT2D eigenvalue weighted by Gasteiger charge is -2.22.